The zero-order valence-electron chi connectivity index (χ0n) is 17.7. The lowest BCUT2D eigenvalue weighted by molar-refractivity contribution is -0.885. The van der Waals surface area contributed by atoms with Gasteiger partial charge in [-0.25, -0.2) is 0 Å². The van der Waals surface area contributed by atoms with E-state index in [1.165, 1.54) is 5.56 Å². The highest BCUT2D eigenvalue weighted by molar-refractivity contribution is 5.91. The molecule has 156 valence electrons. The second-order valence-electron chi connectivity index (χ2n) is 7.29. The number of likely N-dealkylation sites (N-methyl/N-ethyl adjacent to an activating group) is 1. The molecular formula is C23H32N3O3+. The Balaban J connectivity index is 1.84. The molecule has 0 aliphatic rings. The minimum Gasteiger partial charge on any atom is -0.497 e. The lowest BCUT2D eigenvalue weighted by Gasteiger charge is -2.22. The average molecular weight is 399 g/mol. The molecule has 0 spiro atoms. The molecule has 0 saturated carbocycles. The van der Waals surface area contributed by atoms with Gasteiger partial charge in [0.1, 0.15) is 5.75 Å². The molecule has 0 aliphatic heterocycles. The number of rotatable bonds is 10. The van der Waals surface area contributed by atoms with Crippen LogP contribution in [0.4, 0.5) is 5.69 Å². The maximum absolute atomic E-state index is 12.6. The monoisotopic (exact) mass is 398 g/mol. The highest BCUT2D eigenvalue weighted by Gasteiger charge is 2.24. The van der Waals surface area contributed by atoms with Crippen LogP contribution in [-0.2, 0) is 9.59 Å². The molecule has 0 heterocycles. The maximum Gasteiger partial charge on any atom is 0.279 e. The van der Waals surface area contributed by atoms with Gasteiger partial charge in [0.25, 0.3) is 11.8 Å². The van der Waals surface area contributed by atoms with Crippen LogP contribution in [0, 0.1) is 0 Å². The third kappa shape index (κ3) is 6.91. The van der Waals surface area contributed by atoms with Gasteiger partial charge in [0.2, 0.25) is 0 Å². The van der Waals surface area contributed by atoms with Gasteiger partial charge in [-0.3, -0.25) is 9.59 Å². The van der Waals surface area contributed by atoms with Gasteiger partial charge in [-0.1, -0.05) is 43.3 Å². The lowest BCUT2D eigenvalue weighted by atomic mass is 9.96. The van der Waals surface area contributed by atoms with Crippen molar-refractivity contribution < 1.29 is 19.2 Å². The molecule has 2 aromatic rings. The van der Waals surface area contributed by atoms with E-state index in [4.69, 9.17) is 4.74 Å². The van der Waals surface area contributed by atoms with Crippen LogP contribution in [0.2, 0.25) is 0 Å². The Bertz CT molecular complexity index is 795. The fourth-order valence-electron chi connectivity index (χ4n) is 3.14. The van der Waals surface area contributed by atoms with Crippen LogP contribution < -0.4 is 20.3 Å². The zero-order valence-corrected chi connectivity index (χ0v) is 17.7. The number of hydrogen-bond donors (Lipinski definition) is 3. The van der Waals surface area contributed by atoms with Crippen molar-refractivity contribution in [2.45, 2.75) is 32.2 Å². The van der Waals surface area contributed by atoms with E-state index in [1.54, 1.807) is 19.2 Å². The molecule has 0 radical (unpaired) electrons. The molecule has 29 heavy (non-hydrogen) atoms. The smallest absolute Gasteiger partial charge is 0.279 e. The van der Waals surface area contributed by atoms with Crippen LogP contribution in [0.1, 0.15) is 31.7 Å². The first kappa shape index (κ1) is 22.4. The van der Waals surface area contributed by atoms with Gasteiger partial charge in [-0.05, 0) is 31.0 Å². The highest BCUT2D eigenvalue weighted by atomic mass is 16.5. The van der Waals surface area contributed by atoms with E-state index >= 15 is 0 Å². The number of carbonyl (C=O) groups is 2. The maximum atomic E-state index is 12.6. The SMILES string of the molecule is CC[C@H](CNC(=O)[C@H](C)[NH+](C)CC(=O)Nc1cccc(OC)c1)c1ccccc1. The Hall–Kier alpha value is -2.86. The Kier molecular flexibility index (Phi) is 8.68. The van der Waals surface area contributed by atoms with Gasteiger partial charge < -0.3 is 20.3 Å². The fraction of sp³-hybridized carbons (Fsp3) is 0.391. The summed E-state index contributed by atoms with van der Waals surface area (Å²) in [6.45, 7) is 4.75. The lowest BCUT2D eigenvalue weighted by Crippen LogP contribution is -3.15. The predicted octanol–water partition coefficient (Wildman–Crippen LogP) is 1.85. The van der Waals surface area contributed by atoms with Gasteiger partial charge in [0, 0.05) is 24.2 Å². The van der Waals surface area contributed by atoms with E-state index in [0.717, 1.165) is 11.3 Å². The Labute approximate surface area is 173 Å². The van der Waals surface area contributed by atoms with Crippen LogP contribution in [0.3, 0.4) is 0 Å². The van der Waals surface area contributed by atoms with Crippen molar-refractivity contribution >= 4 is 17.5 Å². The number of carbonyl (C=O) groups excluding carboxylic acids is 2. The first-order valence-electron chi connectivity index (χ1n) is 10.0. The van der Waals surface area contributed by atoms with Gasteiger partial charge in [-0.2, -0.15) is 0 Å². The second kappa shape index (κ2) is 11.2. The molecule has 2 amide bonds. The van der Waals surface area contributed by atoms with E-state index < -0.39 is 0 Å². The topological polar surface area (TPSA) is 71.9 Å². The molecule has 6 nitrogen and oxygen atoms in total. The van der Waals surface area contributed by atoms with Crippen molar-refractivity contribution in [2.24, 2.45) is 0 Å². The quantitative estimate of drug-likeness (QED) is 0.572. The summed E-state index contributed by atoms with van der Waals surface area (Å²) in [5.74, 6) is 0.765. The number of quaternary nitrogens is 1. The van der Waals surface area contributed by atoms with E-state index in [-0.39, 0.29) is 30.3 Å². The number of benzene rings is 2. The second-order valence-corrected chi connectivity index (χ2v) is 7.29. The number of methoxy groups -OCH3 is 1. The summed E-state index contributed by atoms with van der Waals surface area (Å²) in [5.41, 5.74) is 1.90. The van der Waals surface area contributed by atoms with Crippen molar-refractivity contribution in [1.82, 2.24) is 5.32 Å². The molecule has 3 N–H and O–H groups in total. The molecule has 0 fully saturated rings. The first-order valence-corrected chi connectivity index (χ1v) is 10.0. The van der Waals surface area contributed by atoms with Crippen molar-refractivity contribution in [2.75, 3.05) is 32.6 Å². The van der Waals surface area contributed by atoms with Gasteiger partial charge in [0.05, 0.1) is 14.2 Å². The molecule has 0 saturated heterocycles. The van der Waals surface area contributed by atoms with E-state index in [1.807, 2.05) is 44.3 Å². The first-order chi connectivity index (χ1) is 13.9. The fourth-order valence-corrected chi connectivity index (χ4v) is 3.14. The van der Waals surface area contributed by atoms with Crippen molar-refractivity contribution in [3.63, 3.8) is 0 Å². The molecule has 0 aliphatic carbocycles. The summed E-state index contributed by atoms with van der Waals surface area (Å²) in [6, 6.07) is 17.1. The van der Waals surface area contributed by atoms with Crippen LogP contribution in [0.5, 0.6) is 5.75 Å². The van der Waals surface area contributed by atoms with Gasteiger partial charge in [0.15, 0.2) is 12.6 Å². The van der Waals surface area contributed by atoms with E-state index in [0.29, 0.717) is 18.0 Å². The molecule has 0 bridgehead atoms. The van der Waals surface area contributed by atoms with Crippen molar-refractivity contribution in [3.05, 3.63) is 60.2 Å². The summed E-state index contributed by atoms with van der Waals surface area (Å²) in [5, 5.41) is 5.89. The summed E-state index contributed by atoms with van der Waals surface area (Å²) in [4.78, 5) is 25.8. The van der Waals surface area contributed by atoms with Crippen LogP contribution in [0.15, 0.2) is 54.6 Å². The largest absolute Gasteiger partial charge is 0.497 e. The third-order valence-electron chi connectivity index (χ3n) is 5.21. The predicted molar refractivity (Wildman–Crippen MR) is 115 cm³/mol. The summed E-state index contributed by atoms with van der Waals surface area (Å²) < 4.78 is 5.17. The van der Waals surface area contributed by atoms with Crippen molar-refractivity contribution in [1.29, 1.82) is 0 Å². The van der Waals surface area contributed by atoms with Crippen LogP contribution >= 0.6 is 0 Å². The third-order valence-corrected chi connectivity index (χ3v) is 5.21. The van der Waals surface area contributed by atoms with E-state index in [9.17, 15) is 9.59 Å². The number of ether oxygens (including phenoxy) is 1. The number of hydrogen-bond acceptors (Lipinski definition) is 3. The molecule has 0 aromatic heterocycles. The molecule has 1 unspecified atom stereocenters. The summed E-state index contributed by atoms with van der Waals surface area (Å²) in [7, 11) is 3.43. The Morgan fingerprint density at radius 3 is 2.48 bits per heavy atom. The number of nitrogens with one attached hydrogen (secondary N) is 3. The van der Waals surface area contributed by atoms with Crippen LogP contribution in [0.25, 0.3) is 0 Å². The Morgan fingerprint density at radius 1 is 1.10 bits per heavy atom. The molecule has 2 aromatic carbocycles. The van der Waals surface area contributed by atoms with E-state index in [2.05, 4.69) is 29.7 Å². The standard InChI is InChI=1S/C23H31N3O3/c1-5-18(19-10-7-6-8-11-19)15-24-23(28)17(2)26(3)16-22(27)25-20-12-9-13-21(14-20)29-4/h6-14,17-18H,5,15-16H2,1-4H3,(H,24,28)(H,25,27)/p+1/t17-,18+/m0/s1. The minimum atomic E-state index is -0.334. The van der Waals surface area contributed by atoms with Gasteiger partial charge in [-0.15, -0.1) is 0 Å². The Morgan fingerprint density at radius 2 is 1.83 bits per heavy atom. The van der Waals surface area contributed by atoms with Crippen LogP contribution in [-0.4, -0.2) is 45.1 Å². The minimum absolute atomic E-state index is 0.0499. The molecule has 2 rings (SSSR count). The normalized spacial score (nSPS) is 13.8. The molecule has 3 atom stereocenters. The summed E-state index contributed by atoms with van der Waals surface area (Å²) in [6.07, 6.45) is 0.949. The summed E-state index contributed by atoms with van der Waals surface area (Å²) >= 11 is 0. The van der Waals surface area contributed by atoms with Crippen molar-refractivity contribution in [3.8, 4) is 5.75 Å². The molecule has 6 heteroatoms. The zero-order chi connectivity index (χ0) is 21.2. The number of amides is 2. The molecular weight excluding hydrogens is 366 g/mol. The van der Waals surface area contributed by atoms with Gasteiger partial charge >= 0.3 is 0 Å². The average Bonchev–Trinajstić information content (AvgIpc) is 2.74. The number of anilines is 1. The highest BCUT2D eigenvalue weighted by Crippen LogP contribution is 2.18.